The van der Waals surface area contributed by atoms with E-state index >= 15 is 0 Å². The van der Waals surface area contributed by atoms with Crippen molar-refractivity contribution in [2.24, 2.45) is 0 Å². The summed E-state index contributed by atoms with van der Waals surface area (Å²) in [6.45, 7) is 3.18. The van der Waals surface area contributed by atoms with E-state index < -0.39 is 0 Å². The van der Waals surface area contributed by atoms with Gasteiger partial charge in [-0.2, -0.15) is 0 Å². The van der Waals surface area contributed by atoms with Gasteiger partial charge in [0, 0.05) is 30.3 Å². The molecule has 108 valence electrons. The second-order valence-corrected chi connectivity index (χ2v) is 6.37. The summed E-state index contributed by atoms with van der Waals surface area (Å²) in [7, 11) is 2.17. The van der Waals surface area contributed by atoms with Crippen LogP contribution in [0.2, 0.25) is 0 Å². The molecule has 0 radical (unpaired) electrons. The van der Waals surface area contributed by atoms with Crippen LogP contribution < -0.4 is 4.90 Å². The molecule has 2 aromatic carbocycles. The van der Waals surface area contributed by atoms with Crippen LogP contribution in [-0.2, 0) is 15.9 Å². The molecule has 4 rings (SSSR count). The Kier molecular flexibility index (Phi) is 2.67. The van der Waals surface area contributed by atoms with E-state index in [2.05, 4.69) is 73.5 Å². The minimum atomic E-state index is -0.379. The van der Waals surface area contributed by atoms with Gasteiger partial charge in [0.1, 0.15) is 0 Å². The van der Waals surface area contributed by atoms with E-state index in [1.165, 1.54) is 16.8 Å². The lowest BCUT2D eigenvalue weighted by molar-refractivity contribution is -0.127. The summed E-state index contributed by atoms with van der Waals surface area (Å²) in [5, 5.41) is 0. The van der Waals surface area contributed by atoms with Gasteiger partial charge in [-0.15, -0.1) is 0 Å². The maximum atomic E-state index is 6.50. The Labute approximate surface area is 126 Å². The van der Waals surface area contributed by atoms with Gasteiger partial charge in [-0.05, 0) is 24.5 Å². The van der Waals surface area contributed by atoms with Gasteiger partial charge in [-0.3, -0.25) is 0 Å². The third kappa shape index (κ3) is 1.46. The lowest BCUT2D eigenvalue weighted by atomic mass is 9.68. The Morgan fingerprint density at radius 1 is 1.00 bits per heavy atom. The number of benzene rings is 2. The van der Waals surface area contributed by atoms with Crippen LogP contribution in [0, 0.1) is 0 Å². The van der Waals surface area contributed by atoms with Crippen molar-refractivity contribution in [3.63, 3.8) is 0 Å². The molecule has 2 aliphatic heterocycles. The molecule has 2 heterocycles. The Hall–Kier alpha value is -1.80. The molecular weight excluding hydrogens is 258 g/mol. The maximum Gasteiger partial charge on any atom is 0.176 e. The first kappa shape index (κ1) is 12.9. The highest BCUT2D eigenvalue weighted by molar-refractivity contribution is 5.67. The highest BCUT2D eigenvalue weighted by atomic mass is 16.5. The van der Waals surface area contributed by atoms with E-state index in [1.54, 1.807) is 0 Å². The Balaban J connectivity index is 2.01. The van der Waals surface area contributed by atoms with Crippen molar-refractivity contribution in [3.05, 3.63) is 65.7 Å². The largest absolute Gasteiger partial charge is 0.350 e. The molecule has 2 aliphatic rings. The highest BCUT2D eigenvalue weighted by Crippen LogP contribution is 2.60. The molecule has 1 fully saturated rings. The molecule has 2 atom stereocenters. The molecule has 0 bridgehead atoms. The minimum Gasteiger partial charge on any atom is -0.350 e. The maximum absolute atomic E-state index is 6.50. The van der Waals surface area contributed by atoms with Crippen molar-refractivity contribution in [3.8, 4) is 0 Å². The fourth-order valence-electron chi connectivity index (χ4n) is 4.42. The Morgan fingerprint density at radius 2 is 1.71 bits per heavy atom. The summed E-state index contributed by atoms with van der Waals surface area (Å²) in [5.74, 6) is 0. The third-order valence-corrected chi connectivity index (χ3v) is 5.38. The topological polar surface area (TPSA) is 12.5 Å². The SMILES string of the molecule is CN1c2ccccc2[C@@]2(C)CCCO[C@@]12c1ccccc1. The average molecular weight is 279 g/mol. The standard InChI is InChI=1S/C19H21NO/c1-18-13-8-14-21-19(18,15-9-4-3-5-10-15)20(2)17-12-7-6-11-16(17)18/h3-7,9-12H,8,13-14H2,1-2H3/t18-,19-/m1/s1. The normalized spacial score (nSPS) is 30.9. The molecule has 0 spiro atoms. The molecule has 0 aromatic heterocycles. The summed E-state index contributed by atoms with van der Waals surface area (Å²) < 4.78 is 6.50. The Morgan fingerprint density at radius 3 is 2.52 bits per heavy atom. The molecule has 0 aliphatic carbocycles. The molecule has 1 saturated heterocycles. The van der Waals surface area contributed by atoms with Crippen LogP contribution in [0.1, 0.15) is 30.9 Å². The number of likely N-dealkylation sites (N-methyl/N-ethyl adjacent to an activating group) is 1. The number of anilines is 1. The zero-order valence-corrected chi connectivity index (χ0v) is 12.7. The van der Waals surface area contributed by atoms with Gasteiger partial charge in [0.15, 0.2) is 5.72 Å². The molecule has 2 nitrogen and oxygen atoms in total. The van der Waals surface area contributed by atoms with Gasteiger partial charge in [-0.1, -0.05) is 55.5 Å². The van der Waals surface area contributed by atoms with Gasteiger partial charge in [0.05, 0.1) is 0 Å². The number of fused-ring (bicyclic) bond motifs is 3. The van der Waals surface area contributed by atoms with Gasteiger partial charge in [0.25, 0.3) is 0 Å². The first-order chi connectivity index (χ1) is 10.2. The van der Waals surface area contributed by atoms with Crippen LogP contribution >= 0.6 is 0 Å². The monoisotopic (exact) mass is 279 g/mol. The minimum absolute atomic E-state index is 0.00204. The van der Waals surface area contributed by atoms with E-state index in [1.807, 2.05) is 0 Å². The predicted molar refractivity (Wildman–Crippen MR) is 85.5 cm³/mol. The summed E-state index contributed by atoms with van der Waals surface area (Å²) in [4.78, 5) is 2.34. The lowest BCUT2D eigenvalue weighted by Crippen LogP contribution is -2.57. The van der Waals surface area contributed by atoms with Crippen molar-refractivity contribution in [1.29, 1.82) is 0 Å². The molecule has 0 N–H and O–H groups in total. The van der Waals surface area contributed by atoms with Crippen LogP contribution in [0.3, 0.4) is 0 Å². The van der Waals surface area contributed by atoms with Crippen molar-refractivity contribution in [2.75, 3.05) is 18.6 Å². The molecule has 2 heteroatoms. The van der Waals surface area contributed by atoms with E-state index in [0.717, 1.165) is 19.4 Å². The quantitative estimate of drug-likeness (QED) is 0.780. The fraction of sp³-hybridized carbons (Fsp3) is 0.368. The number of hydrogen-bond acceptors (Lipinski definition) is 2. The van der Waals surface area contributed by atoms with Gasteiger partial charge in [-0.25, -0.2) is 0 Å². The first-order valence-electron chi connectivity index (χ1n) is 7.73. The van der Waals surface area contributed by atoms with Crippen LogP contribution in [0.25, 0.3) is 0 Å². The summed E-state index contributed by atoms with van der Waals surface area (Å²) >= 11 is 0. The van der Waals surface area contributed by atoms with E-state index in [0.29, 0.717) is 0 Å². The van der Waals surface area contributed by atoms with Crippen LogP contribution in [-0.4, -0.2) is 13.7 Å². The smallest absolute Gasteiger partial charge is 0.176 e. The Bertz CT molecular complexity index is 668. The van der Waals surface area contributed by atoms with Crippen LogP contribution in [0.4, 0.5) is 5.69 Å². The number of nitrogens with zero attached hydrogens (tertiary/aromatic N) is 1. The van der Waals surface area contributed by atoms with Crippen LogP contribution in [0.5, 0.6) is 0 Å². The van der Waals surface area contributed by atoms with Crippen molar-refractivity contribution >= 4 is 5.69 Å². The van der Waals surface area contributed by atoms with Crippen molar-refractivity contribution < 1.29 is 4.74 Å². The molecule has 0 amide bonds. The molecular formula is C19H21NO. The van der Waals surface area contributed by atoms with E-state index in [9.17, 15) is 0 Å². The molecule has 2 aromatic rings. The van der Waals surface area contributed by atoms with E-state index in [-0.39, 0.29) is 11.1 Å². The summed E-state index contributed by atoms with van der Waals surface area (Å²) in [5.41, 5.74) is 3.58. The third-order valence-electron chi connectivity index (χ3n) is 5.38. The number of hydrogen-bond donors (Lipinski definition) is 0. The number of rotatable bonds is 1. The number of para-hydroxylation sites is 1. The second-order valence-electron chi connectivity index (χ2n) is 6.37. The van der Waals surface area contributed by atoms with Gasteiger partial charge >= 0.3 is 0 Å². The predicted octanol–water partition coefficient (Wildman–Crippen LogP) is 4.06. The molecule has 0 saturated carbocycles. The first-order valence-corrected chi connectivity index (χ1v) is 7.73. The number of ether oxygens (including phenoxy) is 1. The zero-order valence-electron chi connectivity index (χ0n) is 12.7. The lowest BCUT2D eigenvalue weighted by Gasteiger charge is -2.50. The summed E-state index contributed by atoms with van der Waals surface area (Å²) in [6.07, 6.45) is 2.27. The van der Waals surface area contributed by atoms with Crippen LogP contribution in [0.15, 0.2) is 54.6 Å². The second kappa shape index (κ2) is 4.35. The molecule has 0 unspecified atom stereocenters. The fourth-order valence-corrected chi connectivity index (χ4v) is 4.42. The van der Waals surface area contributed by atoms with Crippen molar-refractivity contribution in [1.82, 2.24) is 0 Å². The molecule has 21 heavy (non-hydrogen) atoms. The van der Waals surface area contributed by atoms with Crippen molar-refractivity contribution in [2.45, 2.75) is 30.9 Å². The van der Waals surface area contributed by atoms with Gasteiger partial charge < -0.3 is 9.64 Å². The zero-order chi connectivity index (χ0) is 14.5. The highest BCUT2D eigenvalue weighted by Gasteiger charge is 2.61. The van der Waals surface area contributed by atoms with Gasteiger partial charge in [0.2, 0.25) is 0 Å². The van der Waals surface area contributed by atoms with E-state index in [4.69, 9.17) is 4.74 Å². The summed E-state index contributed by atoms with van der Waals surface area (Å²) in [6, 6.07) is 19.4. The average Bonchev–Trinajstić information content (AvgIpc) is 2.75.